The van der Waals surface area contributed by atoms with Gasteiger partial charge in [0.2, 0.25) is 0 Å². The molecule has 0 aliphatic heterocycles. The molecule has 1 fully saturated rings. The van der Waals surface area contributed by atoms with Crippen LogP contribution in [0.1, 0.15) is 23.3 Å². The summed E-state index contributed by atoms with van der Waals surface area (Å²) >= 11 is 7.13. The summed E-state index contributed by atoms with van der Waals surface area (Å²) in [5, 5.41) is 10.6. The number of nitrogens with two attached hydrogens (primary N) is 1. The van der Waals surface area contributed by atoms with E-state index in [1.807, 2.05) is 0 Å². The molecule has 3 N–H and O–H groups in total. The van der Waals surface area contributed by atoms with Crippen molar-refractivity contribution in [1.82, 2.24) is 15.1 Å². The predicted octanol–water partition coefficient (Wildman–Crippen LogP) is 2.58. The number of hydrogen-bond donors (Lipinski definition) is 2. The van der Waals surface area contributed by atoms with Gasteiger partial charge >= 0.3 is 0 Å². The normalized spacial score (nSPS) is 14.0. The third kappa shape index (κ3) is 2.55. The Morgan fingerprint density at radius 1 is 1.33 bits per heavy atom. The molecule has 3 aromatic rings. The third-order valence-corrected chi connectivity index (χ3v) is 4.94. The van der Waals surface area contributed by atoms with Gasteiger partial charge in [0.05, 0.1) is 16.1 Å². The number of carbonyl (C=O) groups is 1. The van der Waals surface area contributed by atoms with Gasteiger partial charge in [-0.15, -0.1) is 11.3 Å². The average molecular weight is 361 g/mol. The molecule has 0 atom stereocenters. The van der Waals surface area contributed by atoms with E-state index < -0.39 is 0 Å². The predicted molar refractivity (Wildman–Crippen MR) is 95.1 cm³/mol. The molecule has 1 aromatic carbocycles. The Balaban J connectivity index is 1.94. The van der Waals surface area contributed by atoms with E-state index in [9.17, 15) is 9.59 Å². The third-order valence-electron chi connectivity index (χ3n) is 3.88. The van der Waals surface area contributed by atoms with Crippen LogP contribution in [0.5, 0.6) is 0 Å². The highest BCUT2D eigenvalue weighted by molar-refractivity contribution is 7.15. The standard InChI is InChI=1S/C16H13ClN4O2S/c17-8-1-5-10(6-2-8)21-16(23)12-11(7-24-14(12)18)13(20-21)15(22)19-9-3-4-9/h1-2,5-7,9H,3-4,18H2,(H,19,22). The van der Waals surface area contributed by atoms with Gasteiger partial charge in [-0.25, -0.2) is 0 Å². The number of nitrogens with one attached hydrogen (secondary N) is 1. The van der Waals surface area contributed by atoms with Gasteiger partial charge < -0.3 is 11.1 Å². The fraction of sp³-hybridized carbons (Fsp3) is 0.188. The lowest BCUT2D eigenvalue weighted by atomic mass is 10.2. The summed E-state index contributed by atoms with van der Waals surface area (Å²) in [6, 6.07) is 6.87. The Hall–Kier alpha value is -2.38. The topological polar surface area (TPSA) is 90.0 Å². The Kier molecular flexibility index (Phi) is 3.54. The van der Waals surface area contributed by atoms with Crippen molar-refractivity contribution >= 4 is 44.6 Å². The van der Waals surface area contributed by atoms with Crippen LogP contribution in [0.25, 0.3) is 16.5 Å². The van der Waals surface area contributed by atoms with Crippen molar-refractivity contribution in [1.29, 1.82) is 0 Å². The van der Waals surface area contributed by atoms with E-state index in [1.54, 1.807) is 29.6 Å². The van der Waals surface area contributed by atoms with Crippen LogP contribution in [0.3, 0.4) is 0 Å². The molecule has 1 amide bonds. The van der Waals surface area contributed by atoms with Gasteiger partial charge in [-0.2, -0.15) is 9.78 Å². The molecule has 1 saturated carbocycles. The molecule has 24 heavy (non-hydrogen) atoms. The summed E-state index contributed by atoms with van der Waals surface area (Å²) in [7, 11) is 0. The van der Waals surface area contributed by atoms with Crippen molar-refractivity contribution in [2.45, 2.75) is 18.9 Å². The monoisotopic (exact) mass is 360 g/mol. The summed E-state index contributed by atoms with van der Waals surface area (Å²) in [4.78, 5) is 25.3. The van der Waals surface area contributed by atoms with Gasteiger partial charge in [0.1, 0.15) is 0 Å². The molecule has 0 radical (unpaired) electrons. The van der Waals surface area contributed by atoms with E-state index in [0.29, 0.717) is 26.5 Å². The van der Waals surface area contributed by atoms with Gasteiger partial charge in [-0.05, 0) is 37.1 Å². The maximum absolute atomic E-state index is 12.8. The number of nitrogen functional groups attached to an aromatic ring is 1. The second-order valence-corrected chi connectivity index (χ2v) is 7.03. The second kappa shape index (κ2) is 5.61. The lowest BCUT2D eigenvalue weighted by Gasteiger charge is -2.09. The molecule has 0 bridgehead atoms. The number of aromatic nitrogens is 2. The Bertz CT molecular complexity index is 1010. The first-order valence-corrected chi connectivity index (χ1v) is 8.67. The van der Waals surface area contributed by atoms with Crippen molar-refractivity contribution in [3.63, 3.8) is 0 Å². The number of halogens is 1. The molecular formula is C16H13ClN4O2S. The van der Waals surface area contributed by atoms with Gasteiger partial charge in [-0.1, -0.05) is 11.6 Å². The minimum Gasteiger partial charge on any atom is -0.390 e. The molecule has 8 heteroatoms. The first-order valence-electron chi connectivity index (χ1n) is 7.41. The number of amides is 1. The summed E-state index contributed by atoms with van der Waals surface area (Å²) in [6.45, 7) is 0. The number of fused-ring (bicyclic) bond motifs is 1. The zero-order valence-electron chi connectivity index (χ0n) is 12.5. The Morgan fingerprint density at radius 2 is 2.04 bits per heavy atom. The molecule has 0 unspecified atom stereocenters. The van der Waals surface area contributed by atoms with Crippen LogP contribution in [0.15, 0.2) is 34.4 Å². The molecule has 0 spiro atoms. The van der Waals surface area contributed by atoms with E-state index >= 15 is 0 Å². The van der Waals surface area contributed by atoms with E-state index in [4.69, 9.17) is 17.3 Å². The maximum Gasteiger partial charge on any atom is 0.282 e. The van der Waals surface area contributed by atoms with E-state index in [2.05, 4.69) is 10.4 Å². The number of thiophene rings is 1. The fourth-order valence-corrected chi connectivity index (χ4v) is 3.39. The lowest BCUT2D eigenvalue weighted by Crippen LogP contribution is -2.31. The van der Waals surface area contributed by atoms with Crippen LogP contribution >= 0.6 is 22.9 Å². The van der Waals surface area contributed by atoms with Crippen molar-refractivity contribution < 1.29 is 4.79 Å². The molecule has 4 rings (SSSR count). The quantitative estimate of drug-likeness (QED) is 0.751. The molecule has 0 saturated heterocycles. The number of hydrogen-bond acceptors (Lipinski definition) is 5. The average Bonchev–Trinajstić information content (AvgIpc) is 3.29. The molecule has 1 aliphatic carbocycles. The SMILES string of the molecule is Nc1scc2c(C(=O)NC3CC3)nn(-c3ccc(Cl)cc3)c(=O)c12. The van der Waals surface area contributed by atoms with Crippen LogP contribution in [-0.4, -0.2) is 21.7 Å². The number of anilines is 1. The fourth-order valence-electron chi connectivity index (χ4n) is 2.48. The van der Waals surface area contributed by atoms with Crippen LogP contribution in [0.2, 0.25) is 5.02 Å². The van der Waals surface area contributed by atoms with Gasteiger partial charge in [0.25, 0.3) is 11.5 Å². The zero-order chi connectivity index (χ0) is 16.8. The highest BCUT2D eigenvalue weighted by Crippen LogP contribution is 2.28. The summed E-state index contributed by atoms with van der Waals surface area (Å²) < 4.78 is 1.20. The van der Waals surface area contributed by atoms with Crippen molar-refractivity contribution in [2.75, 3.05) is 5.73 Å². The molecular weight excluding hydrogens is 348 g/mol. The van der Waals surface area contributed by atoms with Crippen LogP contribution in [0, 0.1) is 0 Å². The van der Waals surface area contributed by atoms with Gasteiger partial charge in [0, 0.05) is 21.8 Å². The molecule has 122 valence electrons. The minimum absolute atomic E-state index is 0.196. The van der Waals surface area contributed by atoms with E-state index in [0.717, 1.165) is 12.8 Å². The molecule has 2 heterocycles. The van der Waals surface area contributed by atoms with Crippen molar-refractivity contribution in [2.24, 2.45) is 0 Å². The Labute approximate surface area is 145 Å². The Morgan fingerprint density at radius 3 is 2.71 bits per heavy atom. The highest BCUT2D eigenvalue weighted by atomic mass is 35.5. The molecule has 6 nitrogen and oxygen atoms in total. The van der Waals surface area contributed by atoms with Crippen molar-refractivity contribution in [3.8, 4) is 5.69 Å². The van der Waals surface area contributed by atoms with Crippen LogP contribution < -0.4 is 16.6 Å². The van der Waals surface area contributed by atoms with E-state index in [-0.39, 0.29) is 23.2 Å². The van der Waals surface area contributed by atoms with Gasteiger partial charge in [-0.3, -0.25) is 9.59 Å². The zero-order valence-corrected chi connectivity index (χ0v) is 14.0. The molecule has 2 aromatic heterocycles. The first-order chi connectivity index (χ1) is 11.5. The van der Waals surface area contributed by atoms with Gasteiger partial charge in [0.15, 0.2) is 5.69 Å². The summed E-state index contributed by atoms with van der Waals surface area (Å²) in [6.07, 6.45) is 1.94. The van der Waals surface area contributed by atoms with E-state index in [1.165, 1.54) is 16.0 Å². The van der Waals surface area contributed by atoms with Crippen LogP contribution in [-0.2, 0) is 0 Å². The maximum atomic E-state index is 12.8. The lowest BCUT2D eigenvalue weighted by molar-refractivity contribution is 0.0946. The molecule has 1 aliphatic rings. The second-order valence-electron chi connectivity index (χ2n) is 5.68. The summed E-state index contributed by atoms with van der Waals surface area (Å²) in [5.74, 6) is -0.289. The number of carbonyl (C=O) groups excluding carboxylic acids is 1. The smallest absolute Gasteiger partial charge is 0.282 e. The minimum atomic E-state index is -0.353. The largest absolute Gasteiger partial charge is 0.390 e. The number of rotatable bonds is 3. The number of nitrogens with zero attached hydrogens (tertiary/aromatic N) is 2. The van der Waals surface area contributed by atoms with Crippen molar-refractivity contribution in [3.05, 3.63) is 50.7 Å². The first kappa shape index (κ1) is 15.2. The van der Waals surface area contributed by atoms with Crippen LogP contribution in [0.4, 0.5) is 5.00 Å². The summed E-state index contributed by atoms with van der Waals surface area (Å²) in [5.41, 5.74) is 6.34. The number of benzene rings is 1. The highest BCUT2D eigenvalue weighted by Gasteiger charge is 2.27.